The van der Waals surface area contributed by atoms with Gasteiger partial charge in [-0.1, -0.05) is 0 Å². The molecule has 0 aliphatic heterocycles. The molecular weight excluding hydrogens is 262 g/mol. The van der Waals surface area contributed by atoms with Crippen molar-refractivity contribution >= 4 is 17.3 Å². The van der Waals surface area contributed by atoms with Crippen LogP contribution in [0.4, 0.5) is 0 Å². The molecule has 1 aromatic carbocycles. The average molecular weight is 277 g/mol. The van der Waals surface area contributed by atoms with Gasteiger partial charge in [-0.25, -0.2) is 9.78 Å². The zero-order valence-electron chi connectivity index (χ0n) is 11.3. The molecule has 19 heavy (non-hydrogen) atoms. The summed E-state index contributed by atoms with van der Waals surface area (Å²) < 4.78 is 5.36. The van der Waals surface area contributed by atoms with Gasteiger partial charge < -0.3 is 9.84 Å². The molecule has 1 heterocycles. The van der Waals surface area contributed by atoms with Crippen LogP contribution in [0.25, 0.3) is 10.6 Å². The van der Waals surface area contributed by atoms with Crippen LogP contribution in [0.1, 0.15) is 26.5 Å². The molecule has 0 atom stereocenters. The Kier molecular flexibility index (Phi) is 3.57. The Morgan fingerprint density at radius 3 is 2.42 bits per heavy atom. The smallest absolute Gasteiger partial charge is 0.347 e. The summed E-state index contributed by atoms with van der Waals surface area (Å²) in [5.41, 5.74) is 3.63. The Bertz CT molecular complexity index is 646. The van der Waals surface area contributed by atoms with Gasteiger partial charge in [0.1, 0.15) is 15.6 Å². The van der Waals surface area contributed by atoms with Gasteiger partial charge in [0.2, 0.25) is 0 Å². The minimum absolute atomic E-state index is 0.273. The third-order valence-corrected chi connectivity index (χ3v) is 4.22. The summed E-state index contributed by atoms with van der Waals surface area (Å²) in [6.07, 6.45) is 0. The summed E-state index contributed by atoms with van der Waals surface area (Å²) >= 11 is 1.17. The highest BCUT2D eigenvalue weighted by atomic mass is 32.1. The molecule has 0 spiro atoms. The Balaban J connectivity index is 2.61. The molecule has 100 valence electrons. The highest BCUT2D eigenvalue weighted by Gasteiger charge is 2.18. The zero-order valence-corrected chi connectivity index (χ0v) is 12.1. The molecule has 1 N–H and O–H groups in total. The van der Waals surface area contributed by atoms with Gasteiger partial charge >= 0.3 is 5.97 Å². The highest BCUT2D eigenvalue weighted by Crippen LogP contribution is 2.36. The van der Waals surface area contributed by atoms with Crippen LogP contribution in [0, 0.1) is 20.8 Å². The summed E-state index contributed by atoms with van der Waals surface area (Å²) in [5, 5.41) is 9.77. The van der Waals surface area contributed by atoms with Gasteiger partial charge in [-0.3, -0.25) is 0 Å². The maximum Gasteiger partial charge on any atom is 0.347 e. The van der Waals surface area contributed by atoms with E-state index in [-0.39, 0.29) is 4.88 Å². The first-order valence-electron chi connectivity index (χ1n) is 5.80. The molecule has 0 saturated carbocycles. The van der Waals surface area contributed by atoms with Crippen molar-refractivity contribution in [2.75, 3.05) is 7.11 Å². The minimum atomic E-state index is -0.941. The Morgan fingerprint density at radius 2 is 1.89 bits per heavy atom. The number of benzene rings is 1. The Labute approximate surface area is 115 Å². The number of thiazole rings is 1. The molecule has 0 fully saturated rings. The van der Waals surface area contributed by atoms with Crippen molar-refractivity contribution in [3.63, 3.8) is 0 Å². The lowest BCUT2D eigenvalue weighted by Crippen LogP contribution is -1.94. The van der Waals surface area contributed by atoms with Crippen molar-refractivity contribution in [1.82, 2.24) is 4.98 Å². The predicted molar refractivity (Wildman–Crippen MR) is 75.3 cm³/mol. The fourth-order valence-corrected chi connectivity index (χ4v) is 2.76. The number of aromatic carboxylic acids is 1. The number of carboxylic acid groups (broad SMARTS) is 1. The van der Waals surface area contributed by atoms with E-state index in [9.17, 15) is 4.79 Å². The maximum absolute atomic E-state index is 11.1. The van der Waals surface area contributed by atoms with Crippen molar-refractivity contribution in [3.8, 4) is 16.3 Å². The second-order valence-electron chi connectivity index (χ2n) is 4.38. The van der Waals surface area contributed by atoms with Crippen LogP contribution in [0.3, 0.4) is 0 Å². The van der Waals surface area contributed by atoms with Gasteiger partial charge in [0.25, 0.3) is 0 Å². The molecule has 4 nitrogen and oxygen atoms in total. The Hall–Kier alpha value is -1.88. The van der Waals surface area contributed by atoms with Gasteiger partial charge in [-0.05, 0) is 44.0 Å². The minimum Gasteiger partial charge on any atom is -0.496 e. The van der Waals surface area contributed by atoms with Crippen LogP contribution < -0.4 is 4.74 Å². The molecule has 0 aliphatic rings. The van der Waals surface area contributed by atoms with E-state index in [1.807, 2.05) is 26.0 Å². The summed E-state index contributed by atoms with van der Waals surface area (Å²) in [4.78, 5) is 15.7. The van der Waals surface area contributed by atoms with Crippen molar-refractivity contribution in [2.45, 2.75) is 20.8 Å². The molecule has 0 radical (unpaired) electrons. The second-order valence-corrected chi connectivity index (χ2v) is 5.37. The quantitative estimate of drug-likeness (QED) is 0.933. The van der Waals surface area contributed by atoms with Gasteiger partial charge in [0, 0.05) is 0 Å². The van der Waals surface area contributed by atoms with Crippen LogP contribution in [0.2, 0.25) is 0 Å². The number of methoxy groups -OCH3 is 1. The van der Waals surface area contributed by atoms with Crippen molar-refractivity contribution in [2.24, 2.45) is 0 Å². The topological polar surface area (TPSA) is 59.4 Å². The number of aromatic nitrogens is 1. The van der Waals surface area contributed by atoms with E-state index in [2.05, 4.69) is 4.98 Å². The van der Waals surface area contributed by atoms with E-state index in [1.54, 1.807) is 14.0 Å². The summed E-state index contributed by atoms with van der Waals surface area (Å²) in [6.45, 7) is 5.73. The van der Waals surface area contributed by atoms with Crippen molar-refractivity contribution < 1.29 is 14.6 Å². The first kappa shape index (κ1) is 13.5. The zero-order chi connectivity index (χ0) is 14.2. The normalized spacial score (nSPS) is 10.5. The SMILES string of the molecule is COc1cc(C)c(C)cc1-c1nc(C)c(C(=O)O)s1. The third-order valence-electron chi connectivity index (χ3n) is 3.04. The van der Waals surface area contributed by atoms with E-state index in [0.717, 1.165) is 16.7 Å². The first-order chi connectivity index (χ1) is 8.93. The predicted octanol–water partition coefficient (Wildman–Crippen LogP) is 3.44. The highest BCUT2D eigenvalue weighted by molar-refractivity contribution is 7.17. The van der Waals surface area contributed by atoms with E-state index in [0.29, 0.717) is 16.5 Å². The van der Waals surface area contributed by atoms with Crippen molar-refractivity contribution in [3.05, 3.63) is 33.8 Å². The number of aryl methyl sites for hydroxylation is 3. The van der Waals surface area contributed by atoms with Gasteiger partial charge in [0.15, 0.2) is 0 Å². The molecule has 0 amide bonds. The molecule has 2 rings (SSSR count). The number of carboxylic acids is 1. The van der Waals surface area contributed by atoms with E-state index >= 15 is 0 Å². The first-order valence-corrected chi connectivity index (χ1v) is 6.62. The van der Waals surface area contributed by atoms with Crippen LogP contribution in [0.15, 0.2) is 12.1 Å². The summed E-state index contributed by atoms with van der Waals surface area (Å²) in [7, 11) is 1.60. The third kappa shape index (κ3) is 2.46. The number of carbonyl (C=O) groups is 1. The standard InChI is InChI=1S/C14H15NO3S/c1-7-5-10(11(18-4)6-8(7)2)13-15-9(3)12(19-13)14(16)17/h5-6H,1-4H3,(H,16,17). The maximum atomic E-state index is 11.1. The van der Waals surface area contributed by atoms with Crippen LogP contribution in [-0.4, -0.2) is 23.2 Å². The van der Waals surface area contributed by atoms with Crippen molar-refractivity contribution in [1.29, 1.82) is 0 Å². The molecule has 0 aliphatic carbocycles. The number of rotatable bonds is 3. The average Bonchev–Trinajstić information content (AvgIpc) is 2.74. The molecule has 0 unspecified atom stereocenters. The van der Waals surface area contributed by atoms with E-state index < -0.39 is 5.97 Å². The number of ether oxygens (including phenoxy) is 1. The number of hydrogen-bond acceptors (Lipinski definition) is 4. The van der Waals surface area contributed by atoms with Gasteiger partial charge in [0.05, 0.1) is 18.4 Å². The fraction of sp³-hybridized carbons (Fsp3) is 0.286. The van der Waals surface area contributed by atoms with Crippen LogP contribution in [0.5, 0.6) is 5.75 Å². The largest absolute Gasteiger partial charge is 0.496 e. The van der Waals surface area contributed by atoms with E-state index in [1.165, 1.54) is 11.3 Å². The lowest BCUT2D eigenvalue weighted by atomic mass is 10.1. The Morgan fingerprint density at radius 1 is 1.26 bits per heavy atom. The molecule has 0 bridgehead atoms. The molecule has 2 aromatic rings. The fourth-order valence-electron chi connectivity index (χ4n) is 1.84. The molecule has 1 aromatic heterocycles. The molecule has 0 saturated heterocycles. The molecular formula is C14H15NO3S. The van der Waals surface area contributed by atoms with Crippen LogP contribution in [-0.2, 0) is 0 Å². The van der Waals surface area contributed by atoms with Gasteiger partial charge in [-0.2, -0.15) is 0 Å². The summed E-state index contributed by atoms with van der Waals surface area (Å²) in [6, 6.07) is 3.93. The lowest BCUT2D eigenvalue weighted by Gasteiger charge is -2.09. The summed E-state index contributed by atoms with van der Waals surface area (Å²) in [5.74, 6) is -0.224. The van der Waals surface area contributed by atoms with Gasteiger partial charge in [-0.15, -0.1) is 11.3 Å². The molecule has 5 heteroatoms. The van der Waals surface area contributed by atoms with E-state index in [4.69, 9.17) is 9.84 Å². The number of hydrogen-bond donors (Lipinski definition) is 1. The lowest BCUT2D eigenvalue weighted by molar-refractivity contribution is 0.0701. The monoisotopic (exact) mass is 277 g/mol. The van der Waals surface area contributed by atoms with Crippen LogP contribution >= 0.6 is 11.3 Å². The second kappa shape index (κ2) is 5.01. The number of nitrogens with zero attached hydrogens (tertiary/aromatic N) is 1.